The van der Waals surface area contributed by atoms with E-state index < -0.39 is 24.6 Å². The fourth-order valence-corrected chi connectivity index (χ4v) is 5.46. The Morgan fingerprint density at radius 2 is 1.88 bits per heavy atom. The zero-order valence-electron chi connectivity index (χ0n) is 22.7. The van der Waals surface area contributed by atoms with Gasteiger partial charge in [-0.15, -0.1) is 5.10 Å². The van der Waals surface area contributed by atoms with Crippen LogP contribution in [-0.4, -0.2) is 54.7 Å². The third kappa shape index (κ3) is 4.96. The van der Waals surface area contributed by atoms with E-state index in [1.807, 2.05) is 13.0 Å². The number of aryl methyl sites for hydroxylation is 1. The van der Waals surface area contributed by atoms with Gasteiger partial charge in [-0.25, -0.2) is 18.2 Å². The third-order valence-electron chi connectivity index (χ3n) is 8.00. The van der Waals surface area contributed by atoms with Gasteiger partial charge in [-0.2, -0.15) is 5.10 Å². The van der Waals surface area contributed by atoms with Gasteiger partial charge in [0.25, 0.3) is 5.91 Å². The van der Waals surface area contributed by atoms with Crippen molar-refractivity contribution < 1.29 is 27.4 Å². The van der Waals surface area contributed by atoms with Gasteiger partial charge in [-0.1, -0.05) is 0 Å². The standard InChI is InChI=1S/C31H29F3N4O3/c1-17-9-20-10-21(11-26(40-2)27(20)38-37-17)30(39)35-13-23(18-3-4-18)25-12-24-29(41-16-31(24,14-32)15-33)28(36-25)19-5-7-22(34)8-6-19/h5-12,18,23H,3-4,13-16H2,1-2H3,(H,35,39). The van der Waals surface area contributed by atoms with Crippen LogP contribution in [0.15, 0.2) is 48.5 Å². The lowest BCUT2D eigenvalue weighted by molar-refractivity contribution is 0.0950. The summed E-state index contributed by atoms with van der Waals surface area (Å²) in [5.41, 5.74) is 2.28. The maximum Gasteiger partial charge on any atom is 0.251 e. The number of alkyl halides is 2. The number of ether oxygens (including phenoxy) is 2. The number of nitrogens with zero attached hydrogens (tertiary/aromatic N) is 3. The summed E-state index contributed by atoms with van der Waals surface area (Å²) < 4.78 is 53.6. The highest BCUT2D eigenvalue weighted by atomic mass is 19.1. The molecule has 0 bridgehead atoms. The first-order valence-corrected chi connectivity index (χ1v) is 13.5. The highest BCUT2D eigenvalue weighted by Crippen LogP contribution is 2.48. The van der Waals surface area contributed by atoms with Gasteiger partial charge >= 0.3 is 0 Å². The second kappa shape index (κ2) is 10.6. The fourth-order valence-electron chi connectivity index (χ4n) is 5.46. The molecule has 2 aliphatic rings. The first kappa shape index (κ1) is 27.0. The van der Waals surface area contributed by atoms with Crippen LogP contribution in [0.5, 0.6) is 11.5 Å². The summed E-state index contributed by atoms with van der Waals surface area (Å²) >= 11 is 0. The molecule has 2 aromatic carbocycles. The van der Waals surface area contributed by atoms with Crippen molar-refractivity contribution in [3.05, 3.63) is 76.9 Å². The third-order valence-corrected chi connectivity index (χ3v) is 8.00. The lowest BCUT2D eigenvalue weighted by Crippen LogP contribution is -2.33. The molecule has 1 amide bonds. The van der Waals surface area contributed by atoms with E-state index in [0.717, 1.165) is 18.2 Å². The van der Waals surface area contributed by atoms with Crippen LogP contribution >= 0.6 is 0 Å². The van der Waals surface area contributed by atoms with Gasteiger partial charge in [-0.3, -0.25) is 4.79 Å². The molecular formula is C31H29F3N4O3. The van der Waals surface area contributed by atoms with E-state index in [0.29, 0.717) is 50.8 Å². The Balaban J connectivity index is 1.35. The number of carbonyl (C=O) groups is 1. The molecule has 41 heavy (non-hydrogen) atoms. The molecule has 3 heterocycles. The summed E-state index contributed by atoms with van der Waals surface area (Å²) in [4.78, 5) is 18.2. The minimum Gasteiger partial charge on any atom is -0.494 e. The Morgan fingerprint density at radius 1 is 1.12 bits per heavy atom. The van der Waals surface area contributed by atoms with E-state index in [1.165, 1.54) is 19.2 Å². The monoisotopic (exact) mass is 562 g/mol. The van der Waals surface area contributed by atoms with Crippen molar-refractivity contribution in [2.45, 2.75) is 31.1 Å². The van der Waals surface area contributed by atoms with E-state index in [-0.39, 0.29) is 30.9 Å². The van der Waals surface area contributed by atoms with Crippen LogP contribution in [-0.2, 0) is 5.41 Å². The molecule has 0 spiro atoms. The van der Waals surface area contributed by atoms with Crippen LogP contribution in [0.2, 0.25) is 0 Å². The Labute approximate surface area is 235 Å². The van der Waals surface area contributed by atoms with E-state index >= 15 is 0 Å². The van der Waals surface area contributed by atoms with Crippen molar-refractivity contribution in [2.75, 3.05) is 33.6 Å². The molecule has 2 aromatic heterocycles. The van der Waals surface area contributed by atoms with Crippen molar-refractivity contribution >= 4 is 16.8 Å². The summed E-state index contributed by atoms with van der Waals surface area (Å²) in [5.74, 6) is 0.105. The summed E-state index contributed by atoms with van der Waals surface area (Å²) in [6.07, 6.45) is 1.89. The Kier molecular flexibility index (Phi) is 7.01. The summed E-state index contributed by atoms with van der Waals surface area (Å²) in [6.45, 7) is 0.0855. The topological polar surface area (TPSA) is 86.2 Å². The Hall–Kier alpha value is -4.21. The molecule has 1 N–H and O–H groups in total. The molecule has 10 heteroatoms. The van der Waals surface area contributed by atoms with Gasteiger partial charge in [0.05, 0.1) is 18.2 Å². The molecule has 1 aliphatic carbocycles. The van der Waals surface area contributed by atoms with Crippen molar-refractivity contribution in [3.8, 4) is 22.8 Å². The Bertz CT molecular complexity index is 1620. The molecule has 1 atom stereocenters. The molecule has 4 aromatic rings. The normalized spacial score (nSPS) is 16.2. The quantitative estimate of drug-likeness (QED) is 0.284. The number of rotatable bonds is 9. The highest BCUT2D eigenvalue weighted by molar-refractivity contribution is 5.99. The lowest BCUT2D eigenvalue weighted by atomic mass is 9.83. The second-order valence-electron chi connectivity index (χ2n) is 10.9. The van der Waals surface area contributed by atoms with Crippen LogP contribution in [0.4, 0.5) is 13.2 Å². The predicted octanol–water partition coefficient (Wildman–Crippen LogP) is 5.64. The van der Waals surface area contributed by atoms with Gasteiger partial charge in [0.15, 0.2) is 0 Å². The number of fused-ring (bicyclic) bond motifs is 2. The molecule has 6 rings (SSSR count). The maximum atomic E-state index is 14.3. The lowest BCUT2D eigenvalue weighted by Gasteiger charge is -2.23. The zero-order chi connectivity index (χ0) is 28.7. The van der Waals surface area contributed by atoms with Gasteiger partial charge in [0.1, 0.15) is 48.5 Å². The molecule has 7 nitrogen and oxygen atoms in total. The second-order valence-corrected chi connectivity index (χ2v) is 10.9. The first-order chi connectivity index (χ1) is 19.9. The van der Waals surface area contributed by atoms with Crippen LogP contribution in [0.25, 0.3) is 22.2 Å². The molecule has 1 saturated carbocycles. The summed E-state index contributed by atoms with van der Waals surface area (Å²) in [5, 5.41) is 12.0. The van der Waals surface area contributed by atoms with Crippen LogP contribution < -0.4 is 14.8 Å². The number of pyridine rings is 1. The molecule has 1 fully saturated rings. The molecule has 1 unspecified atom stereocenters. The van der Waals surface area contributed by atoms with E-state index in [1.54, 1.807) is 30.3 Å². The number of benzene rings is 2. The van der Waals surface area contributed by atoms with Gasteiger partial charge < -0.3 is 14.8 Å². The van der Waals surface area contributed by atoms with Crippen molar-refractivity contribution in [3.63, 3.8) is 0 Å². The van der Waals surface area contributed by atoms with Crippen molar-refractivity contribution in [1.82, 2.24) is 20.5 Å². The average Bonchev–Trinajstić information content (AvgIpc) is 3.76. The molecule has 1 aliphatic heterocycles. The number of amides is 1. The van der Waals surface area contributed by atoms with E-state index in [2.05, 4.69) is 15.5 Å². The Morgan fingerprint density at radius 3 is 2.56 bits per heavy atom. The predicted molar refractivity (Wildman–Crippen MR) is 147 cm³/mol. The number of hydrogen-bond acceptors (Lipinski definition) is 6. The first-order valence-electron chi connectivity index (χ1n) is 13.5. The van der Waals surface area contributed by atoms with Gasteiger partial charge in [0.2, 0.25) is 0 Å². The van der Waals surface area contributed by atoms with Crippen LogP contribution in [0.1, 0.15) is 46.1 Å². The zero-order valence-corrected chi connectivity index (χ0v) is 22.7. The largest absolute Gasteiger partial charge is 0.494 e. The minimum atomic E-state index is -1.43. The van der Waals surface area contributed by atoms with Crippen molar-refractivity contribution in [1.29, 1.82) is 0 Å². The van der Waals surface area contributed by atoms with Gasteiger partial charge in [0, 0.05) is 40.2 Å². The SMILES string of the molecule is COc1cc(C(=O)NCC(c2cc3c(c(-c4ccc(F)cc4)n2)OCC3(CF)CF)C2CC2)cc2cc(C)nnc12. The number of carbonyl (C=O) groups excluding carboxylic acids is 1. The van der Waals surface area contributed by atoms with Crippen LogP contribution in [0.3, 0.4) is 0 Å². The smallest absolute Gasteiger partial charge is 0.251 e. The number of nitrogens with one attached hydrogen (secondary N) is 1. The summed E-state index contributed by atoms with van der Waals surface area (Å²) in [6, 6.07) is 12.7. The summed E-state index contributed by atoms with van der Waals surface area (Å²) in [7, 11) is 1.51. The molecule has 212 valence electrons. The maximum absolute atomic E-state index is 14.3. The highest BCUT2D eigenvalue weighted by Gasteiger charge is 2.45. The van der Waals surface area contributed by atoms with Crippen molar-refractivity contribution in [2.24, 2.45) is 5.92 Å². The minimum absolute atomic E-state index is 0.146. The molecule has 0 radical (unpaired) electrons. The van der Waals surface area contributed by atoms with E-state index in [9.17, 15) is 18.0 Å². The van der Waals surface area contributed by atoms with Crippen LogP contribution in [0, 0.1) is 18.7 Å². The average molecular weight is 563 g/mol. The number of methoxy groups -OCH3 is 1. The molecular weight excluding hydrogens is 533 g/mol. The number of aromatic nitrogens is 3. The fraction of sp³-hybridized carbons (Fsp3) is 0.355. The van der Waals surface area contributed by atoms with Gasteiger partial charge in [-0.05, 0) is 74.2 Å². The number of halogens is 3. The van der Waals surface area contributed by atoms with E-state index in [4.69, 9.17) is 14.5 Å². The number of hydrogen-bond donors (Lipinski definition) is 1. The molecule has 0 saturated heterocycles.